The van der Waals surface area contributed by atoms with Gasteiger partial charge in [0.1, 0.15) is 6.61 Å². The molecule has 0 unspecified atom stereocenters. The molecule has 0 aliphatic carbocycles. The predicted octanol–water partition coefficient (Wildman–Crippen LogP) is 4.75. The van der Waals surface area contributed by atoms with E-state index in [2.05, 4.69) is 32.2 Å². The fourth-order valence-electron chi connectivity index (χ4n) is 2.44. The topological polar surface area (TPSA) is 59.9 Å². The second-order valence-corrected chi connectivity index (χ2v) is 7.46. The Morgan fingerprint density at radius 2 is 2.07 bits per heavy atom. The Hall–Kier alpha value is -2.69. The van der Waals surface area contributed by atoms with E-state index in [0.717, 1.165) is 11.3 Å². The molecule has 7 heteroatoms. The summed E-state index contributed by atoms with van der Waals surface area (Å²) in [7, 11) is 0. The SMILES string of the molecule is C#CCOc1c(Br)cc(/C=C2\SC(=Nc3ccccc3)NC2=O)cc1OCC. The molecule has 1 aliphatic heterocycles. The molecule has 3 rings (SSSR count). The van der Waals surface area contributed by atoms with Crippen LogP contribution in [0.15, 0.2) is 56.8 Å². The smallest absolute Gasteiger partial charge is 0.264 e. The van der Waals surface area contributed by atoms with E-state index in [1.165, 1.54) is 11.8 Å². The largest absolute Gasteiger partial charge is 0.490 e. The number of halogens is 1. The molecular formula is C21H17BrN2O3S. The van der Waals surface area contributed by atoms with Gasteiger partial charge < -0.3 is 14.8 Å². The lowest BCUT2D eigenvalue weighted by molar-refractivity contribution is -0.115. The standard InChI is InChI=1S/C21H17BrN2O3S/c1-3-10-27-19-16(22)11-14(12-17(19)26-4-2)13-18-20(25)24-21(28-18)23-15-8-6-5-7-9-15/h1,5-9,11-13H,4,10H2,2H3,(H,23,24,25)/b18-13-. The normalized spacial score (nSPS) is 16.1. The van der Waals surface area contributed by atoms with Crippen LogP contribution in [0.4, 0.5) is 5.69 Å². The Kier molecular flexibility index (Phi) is 6.80. The van der Waals surface area contributed by atoms with Crippen LogP contribution in [-0.2, 0) is 4.79 Å². The van der Waals surface area contributed by atoms with Crippen LogP contribution in [0.2, 0.25) is 0 Å². The number of para-hydroxylation sites is 1. The Bertz CT molecular complexity index is 981. The summed E-state index contributed by atoms with van der Waals surface area (Å²) in [6.45, 7) is 2.50. The number of nitrogens with one attached hydrogen (secondary N) is 1. The minimum atomic E-state index is -0.193. The molecule has 0 spiro atoms. The first-order valence-corrected chi connectivity index (χ1v) is 10.1. The van der Waals surface area contributed by atoms with E-state index in [4.69, 9.17) is 15.9 Å². The van der Waals surface area contributed by atoms with E-state index in [-0.39, 0.29) is 12.5 Å². The molecule has 2 aromatic carbocycles. The minimum Gasteiger partial charge on any atom is -0.490 e. The summed E-state index contributed by atoms with van der Waals surface area (Å²) in [4.78, 5) is 17.3. The lowest BCUT2D eigenvalue weighted by atomic mass is 10.2. The van der Waals surface area contributed by atoms with Gasteiger partial charge in [0, 0.05) is 0 Å². The van der Waals surface area contributed by atoms with E-state index in [9.17, 15) is 4.79 Å². The molecule has 1 saturated heterocycles. The van der Waals surface area contributed by atoms with Crippen molar-refractivity contribution in [1.82, 2.24) is 5.32 Å². The van der Waals surface area contributed by atoms with Crippen molar-refractivity contribution in [2.75, 3.05) is 13.2 Å². The lowest BCUT2D eigenvalue weighted by Crippen LogP contribution is -2.19. The number of benzene rings is 2. The van der Waals surface area contributed by atoms with Crippen LogP contribution >= 0.6 is 27.7 Å². The van der Waals surface area contributed by atoms with E-state index in [1.807, 2.05) is 49.4 Å². The van der Waals surface area contributed by atoms with E-state index >= 15 is 0 Å². The molecule has 0 saturated carbocycles. The molecule has 5 nitrogen and oxygen atoms in total. The van der Waals surface area contributed by atoms with Gasteiger partial charge >= 0.3 is 0 Å². The number of hydrogen-bond donors (Lipinski definition) is 1. The highest BCUT2D eigenvalue weighted by molar-refractivity contribution is 9.10. The zero-order valence-electron chi connectivity index (χ0n) is 15.1. The van der Waals surface area contributed by atoms with Gasteiger partial charge in [-0.3, -0.25) is 4.79 Å². The number of rotatable bonds is 6. The predicted molar refractivity (Wildman–Crippen MR) is 117 cm³/mol. The molecule has 1 fully saturated rings. The maximum absolute atomic E-state index is 12.3. The fourth-order valence-corrected chi connectivity index (χ4v) is 3.86. The molecule has 0 aromatic heterocycles. The highest BCUT2D eigenvalue weighted by Gasteiger charge is 2.24. The van der Waals surface area contributed by atoms with Gasteiger partial charge in [-0.2, -0.15) is 0 Å². The third kappa shape index (κ3) is 4.97. The van der Waals surface area contributed by atoms with Crippen molar-refractivity contribution in [3.05, 3.63) is 57.4 Å². The van der Waals surface area contributed by atoms with Gasteiger partial charge in [-0.1, -0.05) is 24.1 Å². The van der Waals surface area contributed by atoms with Gasteiger partial charge in [0.25, 0.3) is 5.91 Å². The highest BCUT2D eigenvalue weighted by atomic mass is 79.9. The maximum Gasteiger partial charge on any atom is 0.264 e. The molecule has 0 bridgehead atoms. The Labute approximate surface area is 176 Å². The van der Waals surface area contributed by atoms with Crippen molar-refractivity contribution in [1.29, 1.82) is 0 Å². The fraction of sp³-hybridized carbons (Fsp3) is 0.143. The van der Waals surface area contributed by atoms with Crippen LogP contribution in [0.1, 0.15) is 12.5 Å². The number of amidine groups is 1. The summed E-state index contributed by atoms with van der Waals surface area (Å²) in [6.07, 6.45) is 7.06. The number of amides is 1. The van der Waals surface area contributed by atoms with Crippen LogP contribution in [-0.4, -0.2) is 24.3 Å². The first-order valence-electron chi connectivity index (χ1n) is 8.48. The summed E-state index contributed by atoms with van der Waals surface area (Å²) in [5, 5.41) is 3.32. The summed E-state index contributed by atoms with van der Waals surface area (Å²) >= 11 is 4.77. The molecule has 2 aromatic rings. The molecular weight excluding hydrogens is 440 g/mol. The van der Waals surface area contributed by atoms with Gasteiger partial charge in [0.2, 0.25) is 0 Å². The van der Waals surface area contributed by atoms with Crippen LogP contribution in [0, 0.1) is 12.3 Å². The first kappa shape index (κ1) is 20.1. The summed E-state index contributed by atoms with van der Waals surface area (Å²) in [6, 6.07) is 13.1. The van der Waals surface area contributed by atoms with Crippen LogP contribution in [0.5, 0.6) is 11.5 Å². The number of aliphatic imine (C=N–C) groups is 1. The summed E-state index contributed by atoms with van der Waals surface area (Å²) in [5.41, 5.74) is 1.57. The number of ether oxygens (including phenoxy) is 2. The molecule has 0 radical (unpaired) electrons. The Morgan fingerprint density at radius 3 is 2.79 bits per heavy atom. The number of thioether (sulfide) groups is 1. The number of nitrogens with zero attached hydrogens (tertiary/aromatic N) is 1. The number of carbonyl (C=O) groups excluding carboxylic acids is 1. The summed E-state index contributed by atoms with van der Waals surface area (Å²) in [5.74, 6) is 3.34. The van der Waals surface area contributed by atoms with Crippen molar-refractivity contribution < 1.29 is 14.3 Å². The third-order valence-electron chi connectivity index (χ3n) is 3.57. The molecule has 1 N–H and O–H groups in total. The number of carbonyl (C=O) groups is 1. The number of hydrogen-bond acceptors (Lipinski definition) is 5. The van der Waals surface area contributed by atoms with Crippen LogP contribution in [0.25, 0.3) is 6.08 Å². The van der Waals surface area contributed by atoms with Crippen LogP contribution < -0.4 is 14.8 Å². The molecule has 28 heavy (non-hydrogen) atoms. The maximum atomic E-state index is 12.3. The molecule has 0 atom stereocenters. The zero-order chi connectivity index (χ0) is 19.9. The molecule has 1 aliphatic rings. The Balaban J connectivity index is 1.87. The van der Waals surface area contributed by atoms with Gasteiger partial charge in [-0.15, -0.1) is 6.42 Å². The van der Waals surface area contributed by atoms with Gasteiger partial charge in [-0.05, 0) is 70.5 Å². The van der Waals surface area contributed by atoms with Crippen molar-refractivity contribution in [3.8, 4) is 23.8 Å². The average Bonchev–Trinajstić information content (AvgIpc) is 3.01. The summed E-state index contributed by atoms with van der Waals surface area (Å²) < 4.78 is 11.9. The third-order valence-corrected chi connectivity index (χ3v) is 5.07. The van der Waals surface area contributed by atoms with E-state index < -0.39 is 0 Å². The second kappa shape index (κ2) is 9.49. The molecule has 1 amide bonds. The van der Waals surface area contributed by atoms with Crippen molar-refractivity contribution in [2.45, 2.75) is 6.92 Å². The second-order valence-electron chi connectivity index (χ2n) is 5.57. The van der Waals surface area contributed by atoms with Gasteiger partial charge in [0.15, 0.2) is 16.7 Å². The van der Waals surface area contributed by atoms with Crippen molar-refractivity contribution >= 4 is 50.5 Å². The minimum absolute atomic E-state index is 0.136. The Morgan fingerprint density at radius 1 is 1.29 bits per heavy atom. The monoisotopic (exact) mass is 456 g/mol. The van der Waals surface area contributed by atoms with E-state index in [0.29, 0.717) is 32.7 Å². The van der Waals surface area contributed by atoms with Crippen molar-refractivity contribution in [2.24, 2.45) is 4.99 Å². The first-order chi connectivity index (χ1) is 13.6. The average molecular weight is 457 g/mol. The quantitative estimate of drug-likeness (QED) is 0.503. The van der Waals surface area contributed by atoms with Crippen molar-refractivity contribution in [3.63, 3.8) is 0 Å². The van der Waals surface area contributed by atoms with Gasteiger partial charge in [0.05, 0.1) is 21.7 Å². The highest BCUT2D eigenvalue weighted by Crippen LogP contribution is 2.38. The molecule has 142 valence electrons. The van der Waals surface area contributed by atoms with E-state index in [1.54, 1.807) is 6.08 Å². The lowest BCUT2D eigenvalue weighted by Gasteiger charge is -2.13. The zero-order valence-corrected chi connectivity index (χ0v) is 17.5. The van der Waals surface area contributed by atoms with Gasteiger partial charge in [-0.25, -0.2) is 4.99 Å². The molecule has 1 heterocycles. The number of terminal acetylenes is 1. The van der Waals surface area contributed by atoms with Crippen LogP contribution in [0.3, 0.4) is 0 Å².